The van der Waals surface area contributed by atoms with Crippen LogP contribution >= 0.6 is 0 Å². The Morgan fingerprint density at radius 3 is 2.53 bits per heavy atom. The first-order chi connectivity index (χ1) is 14.3. The van der Waals surface area contributed by atoms with Crippen molar-refractivity contribution in [1.29, 1.82) is 0 Å². The third kappa shape index (κ3) is 3.08. The van der Waals surface area contributed by atoms with E-state index in [1.807, 2.05) is 0 Å². The van der Waals surface area contributed by atoms with Crippen LogP contribution in [0.4, 0.5) is 10.3 Å². The fraction of sp³-hybridized carbons (Fsp3) is 0.316. The van der Waals surface area contributed by atoms with Gasteiger partial charge in [0.25, 0.3) is 5.56 Å². The molecule has 1 aliphatic rings. The highest BCUT2D eigenvalue weighted by Gasteiger charge is 2.29. The molecule has 4 rings (SSSR count). The first-order valence-electron chi connectivity index (χ1n) is 9.24. The molecule has 0 unspecified atom stereocenters. The van der Waals surface area contributed by atoms with Crippen LogP contribution in [0.25, 0.3) is 11.2 Å². The normalized spacial score (nSPS) is 13.3. The van der Waals surface area contributed by atoms with E-state index in [0.717, 1.165) is 4.57 Å². The minimum Gasteiger partial charge on any atom is -0.465 e. The second kappa shape index (κ2) is 7.25. The second-order valence-corrected chi connectivity index (χ2v) is 6.79. The van der Waals surface area contributed by atoms with Crippen molar-refractivity contribution in [3.05, 3.63) is 56.5 Å². The predicted octanol–water partition coefficient (Wildman–Crippen LogP) is 0.360. The Balaban J connectivity index is 1.93. The van der Waals surface area contributed by atoms with Gasteiger partial charge in [-0.25, -0.2) is 14.2 Å². The van der Waals surface area contributed by atoms with E-state index >= 15 is 0 Å². The van der Waals surface area contributed by atoms with Gasteiger partial charge in [-0.05, 0) is 24.6 Å². The lowest BCUT2D eigenvalue weighted by Gasteiger charge is -2.25. The highest BCUT2D eigenvalue weighted by atomic mass is 19.1. The Kier molecular flexibility index (Phi) is 4.72. The number of imidazole rings is 1. The molecule has 0 amide bonds. The van der Waals surface area contributed by atoms with Gasteiger partial charge in [-0.3, -0.25) is 23.3 Å². The number of esters is 1. The van der Waals surface area contributed by atoms with Gasteiger partial charge in [-0.1, -0.05) is 12.1 Å². The Bertz CT molecular complexity index is 1300. The van der Waals surface area contributed by atoms with Crippen molar-refractivity contribution in [2.24, 2.45) is 19.2 Å². The van der Waals surface area contributed by atoms with E-state index in [4.69, 9.17) is 4.74 Å². The minimum absolute atomic E-state index is 0.157. The van der Waals surface area contributed by atoms with Crippen LogP contribution in [0.2, 0.25) is 0 Å². The third-order valence-corrected chi connectivity index (χ3v) is 4.87. The molecule has 10 nitrogen and oxygen atoms in total. The van der Waals surface area contributed by atoms with Crippen molar-refractivity contribution >= 4 is 28.8 Å². The molecule has 3 heterocycles. The van der Waals surface area contributed by atoms with Crippen LogP contribution in [-0.2, 0) is 30.2 Å². The number of halogens is 1. The number of ether oxygens (including phenoxy) is 1. The van der Waals surface area contributed by atoms with Crippen molar-refractivity contribution in [3.63, 3.8) is 0 Å². The number of nitrogens with zero attached hydrogens (tertiary/aromatic N) is 6. The fourth-order valence-electron chi connectivity index (χ4n) is 3.38. The molecule has 0 radical (unpaired) electrons. The number of hydrogen-bond donors (Lipinski definition) is 0. The van der Waals surface area contributed by atoms with Gasteiger partial charge in [0.1, 0.15) is 12.4 Å². The Morgan fingerprint density at radius 2 is 1.87 bits per heavy atom. The summed E-state index contributed by atoms with van der Waals surface area (Å²) < 4.78 is 22.2. The van der Waals surface area contributed by atoms with Gasteiger partial charge >= 0.3 is 11.7 Å². The summed E-state index contributed by atoms with van der Waals surface area (Å²) in [6, 6.07) is 5.74. The smallest absolute Gasteiger partial charge is 0.332 e. The van der Waals surface area contributed by atoms with E-state index in [1.165, 1.54) is 35.8 Å². The number of hydrogen-bond acceptors (Lipinski definition) is 7. The second-order valence-electron chi connectivity index (χ2n) is 6.79. The summed E-state index contributed by atoms with van der Waals surface area (Å²) in [5, 5.41) is 5.82. The van der Waals surface area contributed by atoms with E-state index in [-0.39, 0.29) is 36.8 Å². The SMILES string of the molecule is CCOC(=O)CN1N=C(c2ccc(F)cc2)Cn2c1nc1c2c(=O)n(C)c(=O)n1C. The van der Waals surface area contributed by atoms with Gasteiger partial charge in [0.05, 0.1) is 18.9 Å². The third-order valence-electron chi connectivity index (χ3n) is 4.87. The molecule has 0 saturated heterocycles. The Hall–Kier alpha value is -3.76. The molecular formula is C19H19FN6O4. The van der Waals surface area contributed by atoms with Gasteiger partial charge in [-0.15, -0.1) is 0 Å². The summed E-state index contributed by atoms with van der Waals surface area (Å²) in [6.07, 6.45) is 0. The zero-order valence-corrected chi connectivity index (χ0v) is 16.6. The molecule has 0 N–H and O–H groups in total. The van der Waals surface area contributed by atoms with Crippen molar-refractivity contribution in [2.45, 2.75) is 13.5 Å². The number of hydrazone groups is 1. The molecule has 3 aromatic rings. The molecule has 1 aliphatic heterocycles. The first kappa shape index (κ1) is 19.6. The highest BCUT2D eigenvalue weighted by Crippen LogP contribution is 2.25. The van der Waals surface area contributed by atoms with Crippen molar-refractivity contribution in [2.75, 3.05) is 18.2 Å². The largest absolute Gasteiger partial charge is 0.465 e. The molecule has 0 saturated carbocycles. The maximum absolute atomic E-state index is 13.4. The molecule has 0 spiro atoms. The van der Waals surface area contributed by atoms with Crippen molar-refractivity contribution < 1.29 is 13.9 Å². The maximum Gasteiger partial charge on any atom is 0.332 e. The standard InChI is InChI=1S/C19H19FN6O4/c1-4-30-14(27)10-26-18-21-16-15(17(28)24(3)19(29)23(16)2)25(18)9-13(22-26)11-5-7-12(20)8-6-11/h5-8H,4,9-10H2,1-3H3. The van der Waals surface area contributed by atoms with Crippen LogP contribution in [0.1, 0.15) is 12.5 Å². The number of fused-ring (bicyclic) bond motifs is 3. The van der Waals surface area contributed by atoms with E-state index in [1.54, 1.807) is 23.6 Å². The van der Waals surface area contributed by atoms with E-state index in [9.17, 15) is 18.8 Å². The summed E-state index contributed by atoms with van der Waals surface area (Å²) in [4.78, 5) is 41.7. The number of carbonyl (C=O) groups excluding carboxylic acids is 1. The van der Waals surface area contributed by atoms with Crippen molar-refractivity contribution in [3.8, 4) is 0 Å². The number of carbonyl (C=O) groups is 1. The zero-order valence-electron chi connectivity index (χ0n) is 16.6. The van der Waals surface area contributed by atoms with Crippen molar-refractivity contribution in [1.82, 2.24) is 18.7 Å². The molecule has 30 heavy (non-hydrogen) atoms. The zero-order chi connectivity index (χ0) is 21.6. The lowest BCUT2D eigenvalue weighted by atomic mass is 10.1. The average molecular weight is 414 g/mol. The summed E-state index contributed by atoms with van der Waals surface area (Å²) >= 11 is 0. The Morgan fingerprint density at radius 1 is 1.17 bits per heavy atom. The molecule has 1 aromatic carbocycles. The number of anilines is 1. The lowest BCUT2D eigenvalue weighted by Crippen LogP contribution is -2.38. The monoisotopic (exact) mass is 414 g/mol. The first-order valence-corrected chi connectivity index (χ1v) is 9.24. The number of rotatable bonds is 4. The van der Waals surface area contributed by atoms with E-state index in [0.29, 0.717) is 11.3 Å². The van der Waals surface area contributed by atoms with Crippen LogP contribution in [0.5, 0.6) is 0 Å². The summed E-state index contributed by atoms with van der Waals surface area (Å²) in [7, 11) is 2.90. The van der Waals surface area contributed by atoms with Crippen LogP contribution < -0.4 is 16.3 Å². The molecule has 0 aliphatic carbocycles. The molecular weight excluding hydrogens is 395 g/mol. The molecule has 0 atom stereocenters. The summed E-state index contributed by atoms with van der Waals surface area (Å²) in [5.74, 6) is -0.680. The van der Waals surface area contributed by atoms with Crippen LogP contribution in [-0.4, -0.2) is 43.5 Å². The summed E-state index contributed by atoms with van der Waals surface area (Å²) in [5.41, 5.74) is 0.491. The number of aromatic nitrogens is 4. The molecule has 0 fully saturated rings. The molecule has 156 valence electrons. The maximum atomic E-state index is 13.4. The minimum atomic E-state index is -0.526. The summed E-state index contributed by atoms with van der Waals surface area (Å²) in [6.45, 7) is 1.81. The molecule has 11 heteroatoms. The van der Waals surface area contributed by atoms with Gasteiger partial charge in [0.2, 0.25) is 5.95 Å². The van der Waals surface area contributed by atoms with Crippen LogP contribution in [0, 0.1) is 5.82 Å². The number of aryl methyl sites for hydroxylation is 1. The van der Waals surface area contributed by atoms with E-state index < -0.39 is 23.0 Å². The molecule has 2 aromatic heterocycles. The van der Waals surface area contributed by atoms with E-state index in [2.05, 4.69) is 10.1 Å². The average Bonchev–Trinajstić information content (AvgIpc) is 3.11. The topological polar surface area (TPSA) is 104 Å². The van der Waals surface area contributed by atoms with Gasteiger partial charge < -0.3 is 4.74 Å². The highest BCUT2D eigenvalue weighted by molar-refractivity contribution is 6.03. The Labute approximate surface area is 169 Å². The predicted molar refractivity (Wildman–Crippen MR) is 107 cm³/mol. The number of benzene rings is 1. The van der Waals surface area contributed by atoms with Gasteiger partial charge in [0.15, 0.2) is 11.2 Å². The van der Waals surface area contributed by atoms with Gasteiger partial charge in [-0.2, -0.15) is 10.1 Å². The van der Waals surface area contributed by atoms with Gasteiger partial charge in [0, 0.05) is 14.1 Å². The lowest BCUT2D eigenvalue weighted by molar-refractivity contribution is -0.141. The van der Waals surface area contributed by atoms with Crippen LogP contribution in [0.15, 0.2) is 39.0 Å². The fourth-order valence-corrected chi connectivity index (χ4v) is 3.38. The molecule has 0 bridgehead atoms. The quantitative estimate of drug-likeness (QED) is 0.571. The van der Waals surface area contributed by atoms with Crippen LogP contribution in [0.3, 0.4) is 0 Å².